The Labute approximate surface area is 133 Å². The fraction of sp³-hybridized carbons (Fsp3) is 0.800. The van der Waals surface area contributed by atoms with E-state index >= 15 is 0 Å². The highest BCUT2D eigenvalue weighted by molar-refractivity contribution is 14.1. The summed E-state index contributed by atoms with van der Waals surface area (Å²) in [7, 11) is 0. The third kappa shape index (κ3) is 2.31. The van der Waals surface area contributed by atoms with Crippen molar-refractivity contribution in [3.8, 4) is 0 Å². The van der Waals surface area contributed by atoms with Crippen molar-refractivity contribution in [3.63, 3.8) is 0 Å². The number of hydrogen-bond acceptors (Lipinski definition) is 4. The summed E-state index contributed by atoms with van der Waals surface area (Å²) in [6, 6.07) is 0. The summed E-state index contributed by atoms with van der Waals surface area (Å²) in [5, 5.41) is 10.3. The van der Waals surface area contributed by atoms with Crippen molar-refractivity contribution in [1.82, 2.24) is 0 Å². The Kier molecular flexibility index (Phi) is 3.66. The number of carbonyl (C=O) groups is 1. The van der Waals surface area contributed by atoms with Crippen LogP contribution in [0.1, 0.15) is 39.5 Å². The van der Waals surface area contributed by atoms with Crippen LogP contribution in [0.5, 0.6) is 0 Å². The van der Waals surface area contributed by atoms with Crippen LogP contribution in [0.15, 0.2) is 11.6 Å². The fourth-order valence-corrected chi connectivity index (χ4v) is 3.79. The molecule has 5 heteroatoms. The SMILES string of the molecule is CCC(C)(I)C(O)OC1CC2=CC3(COC(=O)C3)C1C2. The molecule has 1 spiro atoms. The first-order chi connectivity index (χ1) is 9.36. The van der Waals surface area contributed by atoms with Gasteiger partial charge in [0, 0.05) is 11.3 Å². The standard InChI is InChI=1S/C15H21IO4/c1-3-14(2,16)13(18)20-11-5-9-4-10(11)15(6-9)7-12(17)19-8-15/h6,10-11,13,18H,3-5,7-8H2,1-2H3. The van der Waals surface area contributed by atoms with Crippen molar-refractivity contribution in [3.05, 3.63) is 11.6 Å². The number of carbonyl (C=O) groups excluding carboxylic acids is 1. The zero-order valence-electron chi connectivity index (χ0n) is 11.9. The molecular formula is C15H21IO4. The van der Waals surface area contributed by atoms with Gasteiger partial charge in [-0.1, -0.05) is 41.2 Å². The lowest BCUT2D eigenvalue weighted by Crippen LogP contribution is -2.42. The number of aliphatic hydroxyl groups excluding tert-OH is 1. The van der Waals surface area contributed by atoms with Gasteiger partial charge in [-0.25, -0.2) is 0 Å². The molecule has 1 heterocycles. The molecule has 0 amide bonds. The van der Waals surface area contributed by atoms with Gasteiger partial charge in [-0.05, 0) is 26.2 Å². The molecule has 1 saturated carbocycles. The highest BCUT2D eigenvalue weighted by Crippen LogP contribution is 2.56. The van der Waals surface area contributed by atoms with Crippen LogP contribution in [0.4, 0.5) is 0 Å². The van der Waals surface area contributed by atoms with E-state index in [1.807, 2.05) is 13.8 Å². The van der Waals surface area contributed by atoms with Crippen molar-refractivity contribution in [2.24, 2.45) is 11.3 Å². The fourth-order valence-electron chi connectivity index (χ4n) is 3.64. The molecule has 3 aliphatic rings. The van der Waals surface area contributed by atoms with E-state index in [1.54, 1.807) is 0 Å². The molecule has 3 rings (SSSR count). The Morgan fingerprint density at radius 2 is 2.40 bits per heavy atom. The first-order valence-corrected chi connectivity index (χ1v) is 8.33. The van der Waals surface area contributed by atoms with E-state index in [2.05, 4.69) is 28.7 Å². The molecule has 2 fully saturated rings. The van der Waals surface area contributed by atoms with Gasteiger partial charge in [-0.15, -0.1) is 0 Å². The highest BCUT2D eigenvalue weighted by atomic mass is 127. The first-order valence-electron chi connectivity index (χ1n) is 7.25. The predicted octanol–water partition coefficient (Wildman–Crippen LogP) is 2.58. The van der Waals surface area contributed by atoms with Crippen LogP contribution in [0.25, 0.3) is 0 Å². The lowest BCUT2D eigenvalue weighted by molar-refractivity contribution is -0.167. The van der Waals surface area contributed by atoms with E-state index in [4.69, 9.17) is 9.47 Å². The number of aliphatic hydroxyl groups is 1. The first kappa shape index (κ1) is 14.8. The minimum Gasteiger partial charge on any atom is -0.465 e. The Morgan fingerprint density at radius 3 is 2.95 bits per heavy atom. The number of cyclic esters (lactones) is 1. The van der Waals surface area contributed by atoms with Crippen LogP contribution in [0.2, 0.25) is 0 Å². The zero-order valence-corrected chi connectivity index (χ0v) is 14.1. The lowest BCUT2D eigenvalue weighted by Gasteiger charge is -2.37. The summed E-state index contributed by atoms with van der Waals surface area (Å²) < 4.78 is 10.9. The summed E-state index contributed by atoms with van der Waals surface area (Å²) in [6.45, 7) is 4.53. The molecule has 5 atom stereocenters. The van der Waals surface area contributed by atoms with Crippen molar-refractivity contribution < 1.29 is 19.4 Å². The largest absolute Gasteiger partial charge is 0.465 e. The molecule has 4 nitrogen and oxygen atoms in total. The average molecular weight is 392 g/mol. The van der Waals surface area contributed by atoms with Gasteiger partial charge in [0.2, 0.25) is 0 Å². The van der Waals surface area contributed by atoms with Crippen molar-refractivity contribution in [2.45, 2.75) is 55.3 Å². The molecule has 2 bridgehead atoms. The summed E-state index contributed by atoms with van der Waals surface area (Å²) in [5.74, 6) is 0.170. The topological polar surface area (TPSA) is 55.8 Å². The summed E-state index contributed by atoms with van der Waals surface area (Å²) in [5.41, 5.74) is 1.19. The van der Waals surface area contributed by atoms with E-state index in [1.165, 1.54) is 5.57 Å². The van der Waals surface area contributed by atoms with Crippen molar-refractivity contribution in [1.29, 1.82) is 0 Å². The van der Waals surface area contributed by atoms with E-state index in [0.717, 1.165) is 19.3 Å². The van der Waals surface area contributed by atoms with Crippen LogP contribution < -0.4 is 0 Å². The smallest absolute Gasteiger partial charge is 0.306 e. The van der Waals surface area contributed by atoms with Gasteiger partial charge in [0.25, 0.3) is 0 Å². The number of rotatable bonds is 4. The highest BCUT2D eigenvalue weighted by Gasteiger charge is 2.56. The van der Waals surface area contributed by atoms with Crippen LogP contribution in [0, 0.1) is 11.3 Å². The minimum absolute atomic E-state index is 0.0140. The molecule has 112 valence electrons. The maximum atomic E-state index is 11.5. The van der Waals surface area contributed by atoms with Crippen LogP contribution in [0.3, 0.4) is 0 Å². The second-order valence-corrected chi connectivity index (χ2v) is 9.01. The molecule has 0 radical (unpaired) electrons. The molecule has 1 saturated heterocycles. The molecule has 0 aromatic heterocycles. The van der Waals surface area contributed by atoms with E-state index < -0.39 is 6.29 Å². The van der Waals surface area contributed by atoms with Gasteiger partial charge in [0.15, 0.2) is 6.29 Å². The molecule has 1 aliphatic heterocycles. The second-order valence-electron chi connectivity index (χ2n) is 6.55. The van der Waals surface area contributed by atoms with Gasteiger partial charge in [0.05, 0.1) is 15.9 Å². The maximum absolute atomic E-state index is 11.5. The van der Waals surface area contributed by atoms with Gasteiger partial charge < -0.3 is 14.6 Å². The number of hydrogen-bond donors (Lipinski definition) is 1. The number of halogens is 1. The van der Waals surface area contributed by atoms with Gasteiger partial charge in [-0.3, -0.25) is 4.79 Å². The summed E-state index contributed by atoms with van der Waals surface area (Å²) in [4.78, 5) is 11.5. The Morgan fingerprint density at radius 1 is 1.65 bits per heavy atom. The second kappa shape index (κ2) is 4.95. The third-order valence-corrected chi connectivity index (χ3v) is 6.41. The number of ether oxygens (including phenoxy) is 2. The molecular weight excluding hydrogens is 371 g/mol. The molecule has 0 aromatic rings. The quantitative estimate of drug-likeness (QED) is 0.263. The molecule has 0 aromatic carbocycles. The maximum Gasteiger partial charge on any atom is 0.306 e. The number of alkyl halides is 1. The van der Waals surface area contributed by atoms with E-state index in [0.29, 0.717) is 13.0 Å². The Hall–Kier alpha value is -0.140. The summed E-state index contributed by atoms with van der Waals surface area (Å²) >= 11 is 2.26. The van der Waals surface area contributed by atoms with Crippen LogP contribution in [-0.2, 0) is 14.3 Å². The third-order valence-electron chi connectivity index (χ3n) is 5.11. The number of fused-ring (bicyclic) bond motifs is 3. The monoisotopic (exact) mass is 392 g/mol. The molecule has 2 aliphatic carbocycles. The van der Waals surface area contributed by atoms with Gasteiger partial charge >= 0.3 is 5.97 Å². The average Bonchev–Trinajstić information content (AvgIpc) is 3.04. The van der Waals surface area contributed by atoms with Crippen molar-refractivity contribution >= 4 is 28.6 Å². The van der Waals surface area contributed by atoms with E-state index in [-0.39, 0.29) is 26.8 Å². The molecule has 1 N–H and O–H groups in total. The molecule has 5 unspecified atom stereocenters. The summed E-state index contributed by atoms with van der Waals surface area (Å²) in [6.07, 6.45) is 4.66. The zero-order chi connectivity index (χ0) is 14.5. The van der Waals surface area contributed by atoms with Gasteiger partial charge in [0.1, 0.15) is 6.61 Å². The van der Waals surface area contributed by atoms with Crippen LogP contribution >= 0.6 is 22.6 Å². The van der Waals surface area contributed by atoms with Gasteiger partial charge in [-0.2, -0.15) is 0 Å². The minimum atomic E-state index is -0.770. The Balaban J connectivity index is 1.72. The normalized spacial score (nSPS) is 39.8. The van der Waals surface area contributed by atoms with E-state index in [9.17, 15) is 9.90 Å². The Bertz CT molecular complexity index is 459. The van der Waals surface area contributed by atoms with Crippen molar-refractivity contribution in [2.75, 3.05) is 6.61 Å². The van der Waals surface area contributed by atoms with Crippen LogP contribution in [-0.4, -0.2) is 33.5 Å². The lowest BCUT2D eigenvalue weighted by atomic mass is 9.74. The predicted molar refractivity (Wildman–Crippen MR) is 82.4 cm³/mol. The molecule has 20 heavy (non-hydrogen) atoms. The number of esters is 1.